The minimum Gasteiger partial charge on any atom is -0.477 e. The molecule has 4 rings (SSSR count). The van der Waals surface area contributed by atoms with Gasteiger partial charge in [-0.25, -0.2) is 4.79 Å². The quantitative estimate of drug-likeness (QED) is 0.598. The number of ketones is 1. The monoisotopic (exact) mass is 417 g/mol. The largest absolute Gasteiger partial charge is 0.514 e. The van der Waals surface area contributed by atoms with Gasteiger partial charge in [-0.1, -0.05) is 13.0 Å². The molecular formula is C23H31NO6. The third kappa shape index (κ3) is 2.86. The third-order valence-electron chi connectivity index (χ3n) is 7.01. The molecule has 1 aromatic rings. The van der Waals surface area contributed by atoms with Crippen LogP contribution in [0.3, 0.4) is 0 Å². The molecule has 1 N–H and O–H groups in total. The van der Waals surface area contributed by atoms with E-state index in [2.05, 4.69) is 11.8 Å². The molecule has 1 aliphatic heterocycles. The summed E-state index contributed by atoms with van der Waals surface area (Å²) < 4.78 is 16.9. The zero-order valence-electron chi connectivity index (χ0n) is 18.6. The van der Waals surface area contributed by atoms with E-state index in [4.69, 9.17) is 14.2 Å². The van der Waals surface area contributed by atoms with E-state index in [0.717, 1.165) is 17.7 Å². The summed E-state index contributed by atoms with van der Waals surface area (Å²) in [5.74, 6) is 0.556. The summed E-state index contributed by atoms with van der Waals surface area (Å²) in [6.45, 7) is 10.0. The fraction of sp³-hybridized carbons (Fsp3) is 0.652. The summed E-state index contributed by atoms with van der Waals surface area (Å²) >= 11 is 0. The summed E-state index contributed by atoms with van der Waals surface area (Å²) in [6.07, 6.45) is -0.357. The molecule has 4 atom stereocenters. The van der Waals surface area contributed by atoms with Crippen molar-refractivity contribution in [3.8, 4) is 11.5 Å². The maximum atomic E-state index is 12.9. The fourth-order valence-electron chi connectivity index (χ4n) is 5.43. The zero-order chi connectivity index (χ0) is 22.1. The van der Waals surface area contributed by atoms with Crippen LogP contribution in [0.1, 0.15) is 58.6 Å². The topological polar surface area (TPSA) is 85.3 Å². The summed E-state index contributed by atoms with van der Waals surface area (Å²) in [5.41, 5.74) is -0.937. The highest BCUT2D eigenvalue weighted by Gasteiger charge is 2.69. The van der Waals surface area contributed by atoms with Gasteiger partial charge in [-0.2, -0.15) is 0 Å². The lowest BCUT2D eigenvalue weighted by Gasteiger charge is -2.56. The van der Waals surface area contributed by atoms with Gasteiger partial charge in [-0.15, -0.1) is 0 Å². The van der Waals surface area contributed by atoms with Crippen molar-refractivity contribution in [2.75, 3.05) is 13.6 Å². The first-order valence-electron chi connectivity index (χ1n) is 10.6. The second kappa shape index (κ2) is 6.69. The van der Waals surface area contributed by atoms with E-state index in [1.54, 1.807) is 26.8 Å². The third-order valence-corrected chi connectivity index (χ3v) is 7.01. The Balaban J connectivity index is 1.82. The average Bonchev–Trinajstić information content (AvgIpc) is 2.98. The van der Waals surface area contributed by atoms with Crippen LogP contribution in [0.5, 0.6) is 11.5 Å². The standard InChI is InChI=1S/C23H31NO6/c1-7-24(6)16-12-13-8-9-15(28-20(26)30-21(2,3)4)18-17(13)22(5)19(29-18)14(25)10-11-23(16,22)27/h8-9,16,19,27H,7,10-12H2,1-6H3/t16-,19+,22+,23-/m1/s1. The predicted octanol–water partition coefficient (Wildman–Crippen LogP) is 2.99. The van der Waals surface area contributed by atoms with E-state index < -0.39 is 28.9 Å². The van der Waals surface area contributed by atoms with Crippen molar-refractivity contribution >= 4 is 11.9 Å². The molecule has 0 unspecified atom stereocenters. The van der Waals surface area contributed by atoms with Crippen LogP contribution < -0.4 is 9.47 Å². The Morgan fingerprint density at radius 3 is 2.70 bits per heavy atom. The lowest BCUT2D eigenvalue weighted by atomic mass is 9.52. The molecule has 7 nitrogen and oxygen atoms in total. The average molecular weight is 418 g/mol. The smallest absolute Gasteiger partial charge is 0.477 e. The molecule has 0 aromatic heterocycles. The maximum absolute atomic E-state index is 12.9. The molecule has 0 saturated heterocycles. The van der Waals surface area contributed by atoms with E-state index in [1.807, 2.05) is 20.0 Å². The molecule has 1 heterocycles. The SMILES string of the molecule is CCN(C)[C@@H]1Cc2ccc(OC(=O)OC(C)(C)C)c3c2[C@@]2(C)[C@@H](O3)C(=O)CC[C@@]12O. The Labute approximate surface area is 177 Å². The second-order valence-corrected chi connectivity index (χ2v) is 9.88. The summed E-state index contributed by atoms with van der Waals surface area (Å²) in [5, 5.41) is 12.0. The van der Waals surface area contributed by atoms with Crippen LogP contribution in [-0.4, -0.2) is 58.9 Å². The Bertz CT molecular complexity index is 906. The molecule has 2 aliphatic carbocycles. The van der Waals surface area contributed by atoms with Gasteiger partial charge in [0.25, 0.3) is 0 Å². The molecule has 30 heavy (non-hydrogen) atoms. The van der Waals surface area contributed by atoms with E-state index >= 15 is 0 Å². The van der Waals surface area contributed by atoms with Crippen molar-refractivity contribution in [1.82, 2.24) is 4.90 Å². The Hall–Kier alpha value is -2.12. The van der Waals surface area contributed by atoms with Crippen molar-refractivity contribution in [2.24, 2.45) is 0 Å². The Kier molecular flexibility index (Phi) is 4.71. The van der Waals surface area contributed by atoms with Gasteiger partial charge in [-0.3, -0.25) is 4.79 Å². The summed E-state index contributed by atoms with van der Waals surface area (Å²) in [7, 11) is 2.00. The predicted molar refractivity (Wildman–Crippen MR) is 110 cm³/mol. The van der Waals surface area contributed by atoms with Crippen molar-refractivity contribution in [3.63, 3.8) is 0 Å². The number of carbonyl (C=O) groups excluding carboxylic acids is 2. The van der Waals surface area contributed by atoms with Gasteiger partial charge in [0, 0.05) is 18.0 Å². The molecule has 1 aromatic carbocycles. The van der Waals surface area contributed by atoms with Crippen molar-refractivity contribution in [3.05, 3.63) is 23.3 Å². The number of benzene rings is 1. The number of hydrogen-bond acceptors (Lipinski definition) is 7. The number of Topliss-reactive ketones (excluding diaryl/α,β-unsaturated/α-hetero) is 1. The van der Waals surface area contributed by atoms with Crippen LogP contribution in [0.2, 0.25) is 0 Å². The minimum atomic E-state index is -1.13. The number of hydrogen-bond donors (Lipinski definition) is 1. The van der Waals surface area contributed by atoms with Crippen LogP contribution in [0, 0.1) is 0 Å². The number of nitrogens with zero attached hydrogens (tertiary/aromatic N) is 1. The van der Waals surface area contributed by atoms with Gasteiger partial charge in [-0.05, 0) is 65.8 Å². The molecule has 3 aliphatic rings. The molecule has 1 fully saturated rings. The molecule has 0 amide bonds. The molecule has 1 saturated carbocycles. The number of aliphatic hydroxyl groups is 1. The highest BCUT2D eigenvalue weighted by Crippen LogP contribution is 2.61. The van der Waals surface area contributed by atoms with Gasteiger partial charge in [0.1, 0.15) is 5.60 Å². The highest BCUT2D eigenvalue weighted by atomic mass is 16.7. The summed E-state index contributed by atoms with van der Waals surface area (Å²) in [6, 6.07) is 3.46. The summed E-state index contributed by atoms with van der Waals surface area (Å²) in [4.78, 5) is 27.3. The van der Waals surface area contributed by atoms with Crippen LogP contribution in [-0.2, 0) is 21.4 Å². The van der Waals surface area contributed by atoms with Gasteiger partial charge < -0.3 is 24.2 Å². The van der Waals surface area contributed by atoms with Crippen molar-refractivity contribution < 1.29 is 28.9 Å². The first-order valence-corrected chi connectivity index (χ1v) is 10.6. The molecule has 164 valence electrons. The number of carbonyl (C=O) groups is 2. The van der Waals surface area contributed by atoms with E-state index in [-0.39, 0.29) is 24.0 Å². The lowest BCUT2D eigenvalue weighted by Crippen LogP contribution is -2.71. The van der Waals surface area contributed by atoms with E-state index in [9.17, 15) is 14.7 Å². The highest BCUT2D eigenvalue weighted by molar-refractivity contribution is 5.90. The normalized spacial score (nSPS) is 31.9. The Morgan fingerprint density at radius 1 is 1.37 bits per heavy atom. The lowest BCUT2D eigenvalue weighted by molar-refractivity contribution is -0.164. The molecule has 0 spiro atoms. The van der Waals surface area contributed by atoms with Crippen molar-refractivity contribution in [1.29, 1.82) is 0 Å². The zero-order valence-corrected chi connectivity index (χ0v) is 18.6. The van der Waals surface area contributed by atoms with Gasteiger partial charge in [0.15, 0.2) is 23.4 Å². The molecule has 0 bridgehead atoms. The Morgan fingerprint density at radius 2 is 2.07 bits per heavy atom. The minimum absolute atomic E-state index is 0.0349. The molecular weight excluding hydrogens is 386 g/mol. The number of likely N-dealkylation sites (N-methyl/N-ethyl adjacent to an activating group) is 1. The van der Waals surface area contributed by atoms with E-state index in [0.29, 0.717) is 18.6 Å². The second-order valence-electron chi connectivity index (χ2n) is 9.88. The van der Waals surface area contributed by atoms with Gasteiger partial charge in [0.05, 0.1) is 11.0 Å². The first kappa shape index (κ1) is 21.1. The number of ether oxygens (including phenoxy) is 3. The van der Waals surface area contributed by atoms with Crippen LogP contribution in [0.25, 0.3) is 0 Å². The van der Waals surface area contributed by atoms with Gasteiger partial charge in [0.2, 0.25) is 0 Å². The van der Waals surface area contributed by atoms with Crippen molar-refractivity contribution in [2.45, 2.75) is 82.6 Å². The van der Waals surface area contributed by atoms with E-state index in [1.165, 1.54) is 0 Å². The first-order chi connectivity index (χ1) is 13.9. The fourth-order valence-corrected chi connectivity index (χ4v) is 5.43. The molecule has 0 radical (unpaired) electrons. The van der Waals surface area contributed by atoms with Crippen LogP contribution >= 0.6 is 0 Å². The van der Waals surface area contributed by atoms with Crippen LogP contribution in [0.4, 0.5) is 4.79 Å². The molecule has 7 heteroatoms. The van der Waals surface area contributed by atoms with Gasteiger partial charge >= 0.3 is 6.16 Å². The number of rotatable bonds is 3. The maximum Gasteiger partial charge on any atom is 0.514 e. The van der Waals surface area contributed by atoms with Crippen LogP contribution in [0.15, 0.2) is 12.1 Å².